The van der Waals surface area contributed by atoms with Crippen LogP contribution in [0.3, 0.4) is 0 Å². The normalized spacial score (nSPS) is 23.2. The van der Waals surface area contributed by atoms with Crippen molar-refractivity contribution in [3.05, 3.63) is 0 Å². The Morgan fingerprint density at radius 3 is 2.29 bits per heavy atom. The molecule has 0 heterocycles. The molecule has 0 aromatic carbocycles. The lowest BCUT2D eigenvalue weighted by Crippen LogP contribution is -2.33. The van der Waals surface area contributed by atoms with E-state index in [4.69, 9.17) is 4.74 Å². The lowest BCUT2D eigenvalue weighted by molar-refractivity contribution is -0.145. The Balaban J connectivity index is 2.26. The Morgan fingerprint density at radius 2 is 1.88 bits per heavy atom. The molecule has 0 spiro atoms. The fourth-order valence-electron chi connectivity index (χ4n) is 2.45. The van der Waals surface area contributed by atoms with Crippen LogP contribution in [0.25, 0.3) is 0 Å². The summed E-state index contributed by atoms with van der Waals surface area (Å²) in [5, 5.41) is 13.0. The van der Waals surface area contributed by atoms with Crippen molar-refractivity contribution in [1.29, 1.82) is 0 Å². The number of rotatable bonds is 6. The molecule has 0 radical (unpaired) electrons. The molecule has 1 unspecified atom stereocenters. The zero-order valence-electron chi connectivity index (χ0n) is 11.5. The largest absolute Gasteiger partial charge is 0.466 e. The molecule has 1 atom stereocenters. The molecule has 1 aliphatic carbocycles. The fourth-order valence-corrected chi connectivity index (χ4v) is 2.45. The van der Waals surface area contributed by atoms with Crippen LogP contribution >= 0.6 is 0 Å². The molecular formula is C13H25NO3. The van der Waals surface area contributed by atoms with Gasteiger partial charge >= 0.3 is 5.97 Å². The van der Waals surface area contributed by atoms with Crippen molar-refractivity contribution in [2.45, 2.75) is 53.2 Å². The number of carbonyl (C=O) groups is 1. The van der Waals surface area contributed by atoms with E-state index in [1.54, 1.807) is 6.92 Å². The van der Waals surface area contributed by atoms with E-state index in [0.717, 1.165) is 0 Å². The van der Waals surface area contributed by atoms with Gasteiger partial charge in [-0.15, -0.1) is 0 Å². The van der Waals surface area contributed by atoms with Crippen LogP contribution in [0.5, 0.6) is 0 Å². The van der Waals surface area contributed by atoms with Gasteiger partial charge in [0.1, 0.15) is 0 Å². The first-order valence-corrected chi connectivity index (χ1v) is 6.30. The quantitative estimate of drug-likeness (QED) is 0.691. The monoisotopic (exact) mass is 243 g/mol. The first kappa shape index (κ1) is 14.5. The summed E-state index contributed by atoms with van der Waals surface area (Å²) in [6, 6.07) is 0.395. The van der Waals surface area contributed by atoms with Crippen molar-refractivity contribution in [3.8, 4) is 0 Å². The second-order valence-electron chi connectivity index (χ2n) is 5.95. The van der Waals surface area contributed by atoms with Gasteiger partial charge in [0.15, 0.2) is 0 Å². The predicted molar refractivity (Wildman–Crippen MR) is 66.6 cm³/mol. The molecule has 1 fully saturated rings. The van der Waals surface area contributed by atoms with E-state index < -0.39 is 6.10 Å². The van der Waals surface area contributed by atoms with Gasteiger partial charge in [0.05, 0.1) is 19.1 Å². The molecule has 0 amide bonds. The highest BCUT2D eigenvalue weighted by Crippen LogP contribution is 2.62. The molecule has 0 aromatic rings. The third kappa shape index (κ3) is 2.99. The molecule has 2 N–H and O–H groups in total. The van der Waals surface area contributed by atoms with Crippen LogP contribution in [0, 0.1) is 10.8 Å². The van der Waals surface area contributed by atoms with Gasteiger partial charge < -0.3 is 15.2 Å². The molecular weight excluding hydrogens is 218 g/mol. The molecule has 100 valence electrons. The fraction of sp³-hybridized carbons (Fsp3) is 0.923. The van der Waals surface area contributed by atoms with Crippen molar-refractivity contribution in [1.82, 2.24) is 5.32 Å². The molecule has 0 bridgehead atoms. The predicted octanol–water partition coefficient (Wildman–Crippen LogP) is 1.32. The average Bonchev–Trinajstić information content (AvgIpc) is 2.55. The summed E-state index contributed by atoms with van der Waals surface area (Å²) < 4.78 is 4.79. The molecule has 1 rings (SSSR count). The summed E-state index contributed by atoms with van der Waals surface area (Å²) in [5.41, 5.74) is 0.493. The Bertz CT molecular complexity index is 272. The van der Waals surface area contributed by atoms with Crippen LogP contribution in [-0.4, -0.2) is 36.4 Å². The minimum atomic E-state index is -0.666. The van der Waals surface area contributed by atoms with E-state index in [9.17, 15) is 9.90 Å². The van der Waals surface area contributed by atoms with Gasteiger partial charge in [0.2, 0.25) is 0 Å². The number of nitrogens with one attached hydrogen (secondary N) is 1. The van der Waals surface area contributed by atoms with Gasteiger partial charge in [-0.05, 0) is 17.8 Å². The van der Waals surface area contributed by atoms with Crippen molar-refractivity contribution >= 4 is 5.97 Å². The maximum Gasteiger partial charge on any atom is 0.308 e. The SMILES string of the molecule is CCOC(=O)CC(O)CNC1C(C)(C)C1(C)C. The summed E-state index contributed by atoms with van der Waals surface area (Å²) in [5.74, 6) is -0.337. The van der Waals surface area contributed by atoms with Crippen LogP contribution in [0.15, 0.2) is 0 Å². The van der Waals surface area contributed by atoms with Crippen LogP contribution in [0.1, 0.15) is 41.0 Å². The van der Waals surface area contributed by atoms with Crippen LogP contribution < -0.4 is 5.32 Å². The molecule has 1 aliphatic rings. The highest BCUT2D eigenvalue weighted by molar-refractivity contribution is 5.69. The topological polar surface area (TPSA) is 58.6 Å². The second-order valence-corrected chi connectivity index (χ2v) is 5.95. The summed E-state index contributed by atoms with van der Waals surface area (Å²) in [6.45, 7) is 11.4. The lowest BCUT2D eigenvalue weighted by atomic mass is 10.0. The molecule has 4 heteroatoms. The Labute approximate surface area is 104 Å². The number of ether oxygens (including phenoxy) is 1. The number of aliphatic hydroxyl groups is 1. The third-order valence-corrected chi connectivity index (χ3v) is 4.29. The molecule has 1 saturated carbocycles. The maximum atomic E-state index is 11.2. The summed E-state index contributed by atoms with van der Waals surface area (Å²) in [7, 11) is 0. The molecule has 0 aromatic heterocycles. The minimum absolute atomic E-state index is 0.0639. The zero-order valence-corrected chi connectivity index (χ0v) is 11.5. The van der Waals surface area contributed by atoms with Gasteiger partial charge in [-0.2, -0.15) is 0 Å². The highest BCUT2D eigenvalue weighted by atomic mass is 16.5. The minimum Gasteiger partial charge on any atom is -0.466 e. The lowest BCUT2D eigenvalue weighted by Gasteiger charge is -2.12. The standard InChI is InChI=1S/C13H25NO3/c1-6-17-10(16)7-9(15)8-14-11-12(2,3)13(11,4)5/h9,11,14-15H,6-8H2,1-5H3. The number of hydrogen-bond donors (Lipinski definition) is 2. The van der Waals surface area contributed by atoms with E-state index in [0.29, 0.717) is 19.2 Å². The average molecular weight is 243 g/mol. The van der Waals surface area contributed by atoms with Gasteiger partial charge in [-0.1, -0.05) is 27.7 Å². The smallest absolute Gasteiger partial charge is 0.308 e. The van der Waals surface area contributed by atoms with E-state index >= 15 is 0 Å². The van der Waals surface area contributed by atoms with Gasteiger partial charge in [0, 0.05) is 12.6 Å². The van der Waals surface area contributed by atoms with Gasteiger partial charge in [0.25, 0.3) is 0 Å². The summed E-state index contributed by atoms with van der Waals surface area (Å²) in [6.07, 6.45) is -0.602. The molecule has 0 aliphatic heterocycles. The van der Waals surface area contributed by atoms with Gasteiger partial charge in [-0.25, -0.2) is 0 Å². The number of carbonyl (C=O) groups excluding carboxylic acids is 1. The van der Waals surface area contributed by atoms with Crippen molar-refractivity contribution in [2.24, 2.45) is 10.8 Å². The summed E-state index contributed by atoms with van der Waals surface area (Å²) >= 11 is 0. The Hall–Kier alpha value is -0.610. The van der Waals surface area contributed by atoms with Crippen LogP contribution in [-0.2, 0) is 9.53 Å². The zero-order chi connectivity index (χ0) is 13.3. The summed E-state index contributed by atoms with van der Waals surface area (Å²) in [4.78, 5) is 11.2. The molecule has 0 saturated heterocycles. The number of hydrogen-bond acceptors (Lipinski definition) is 4. The molecule has 17 heavy (non-hydrogen) atoms. The van der Waals surface area contributed by atoms with Crippen LogP contribution in [0.2, 0.25) is 0 Å². The van der Waals surface area contributed by atoms with E-state index in [1.165, 1.54) is 0 Å². The van der Waals surface area contributed by atoms with Gasteiger partial charge in [-0.3, -0.25) is 4.79 Å². The van der Waals surface area contributed by atoms with Crippen molar-refractivity contribution in [3.63, 3.8) is 0 Å². The third-order valence-electron chi connectivity index (χ3n) is 4.29. The van der Waals surface area contributed by atoms with Crippen LogP contribution in [0.4, 0.5) is 0 Å². The second kappa shape index (κ2) is 4.94. The first-order valence-electron chi connectivity index (χ1n) is 6.30. The van der Waals surface area contributed by atoms with E-state index in [2.05, 4.69) is 33.0 Å². The van der Waals surface area contributed by atoms with Crippen molar-refractivity contribution < 1.29 is 14.6 Å². The highest BCUT2D eigenvalue weighted by Gasteiger charge is 2.64. The maximum absolute atomic E-state index is 11.2. The first-order chi connectivity index (χ1) is 7.73. The Kier molecular flexibility index (Phi) is 4.20. The number of esters is 1. The van der Waals surface area contributed by atoms with E-state index in [-0.39, 0.29) is 23.2 Å². The number of aliphatic hydroxyl groups excluding tert-OH is 1. The Morgan fingerprint density at radius 1 is 1.35 bits per heavy atom. The van der Waals surface area contributed by atoms with E-state index in [1.807, 2.05) is 0 Å². The molecule has 4 nitrogen and oxygen atoms in total. The van der Waals surface area contributed by atoms with Crippen molar-refractivity contribution in [2.75, 3.05) is 13.2 Å².